The van der Waals surface area contributed by atoms with Crippen molar-refractivity contribution in [1.82, 2.24) is 10.3 Å². The fourth-order valence-electron chi connectivity index (χ4n) is 3.27. The molecule has 0 bridgehead atoms. The van der Waals surface area contributed by atoms with Crippen molar-refractivity contribution in [3.8, 4) is 0 Å². The van der Waals surface area contributed by atoms with Crippen molar-refractivity contribution in [2.75, 3.05) is 0 Å². The van der Waals surface area contributed by atoms with Crippen LogP contribution in [0.1, 0.15) is 16.0 Å². The van der Waals surface area contributed by atoms with E-state index >= 15 is 0 Å². The molecule has 0 aliphatic carbocycles. The van der Waals surface area contributed by atoms with Gasteiger partial charge in [-0.1, -0.05) is 60.7 Å². The van der Waals surface area contributed by atoms with Gasteiger partial charge in [-0.15, -0.1) is 11.3 Å². The number of hydrogen-bond acceptors (Lipinski definition) is 7. The Kier molecular flexibility index (Phi) is 8.54. The van der Waals surface area contributed by atoms with Gasteiger partial charge < -0.3 is 26.0 Å². The van der Waals surface area contributed by atoms with E-state index in [1.807, 2.05) is 60.7 Å². The molecule has 31 heavy (non-hydrogen) atoms. The number of aliphatic hydroxyl groups excluding tert-OH is 2. The summed E-state index contributed by atoms with van der Waals surface area (Å²) in [5.41, 5.74) is 9.69. The van der Waals surface area contributed by atoms with E-state index < -0.39 is 30.4 Å². The van der Waals surface area contributed by atoms with Crippen LogP contribution in [0.3, 0.4) is 0 Å². The van der Waals surface area contributed by atoms with Crippen molar-refractivity contribution in [1.29, 1.82) is 0 Å². The van der Waals surface area contributed by atoms with Crippen LogP contribution in [0.2, 0.25) is 0 Å². The minimum absolute atomic E-state index is 0.0841. The molecule has 8 heteroatoms. The maximum absolute atomic E-state index is 12.4. The molecule has 1 heterocycles. The Bertz CT molecular complexity index is 909. The van der Waals surface area contributed by atoms with E-state index in [0.29, 0.717) is 12.8 Å². The zero-order valence-electron chi connectivity index (χ0n) is 17.0. The first kappa shape index (κ1) is 22.9. The highest BCUT2D eigenvalue weighted by Crippen LogP contribution is 2.14. The van der Waals surface area contributed by atoms with Gasteiger partial charge in [0.25, 0.3) is 0 Å². The number of nitrogens with zero attached hydrogens (tertiary/aromatic N) is 1. The minimum atomic E-state index is -1.28. The summed E-state index contributed by atoms with van der Waals surface area (Å²) in [7, 11) is 0. The summed E-state index contributed by atoms with van der Waals surface area (Å²) < 4.78 is 5.24. The molecule has 0 aliphatic rings. The Morgan fingerprint density at radius 1 is 1.00 bits per heavy atom. The van der Waals surface area contributed by atoms with Gasteiger partial charge in [0.05, 0.1) is 22.5 Å². The van der Waals surface area contributed by atoms with Crippen molar-refractivity contribution in [2.45, 2.75) is 43.7 Å². The lowest BCUT2D eigenvalue weighted by molar-refractivity contribution is -0.0172. The second-order valence-electron chi connectivity index (χ2n) is 7.32. The number of alkyl carbamates (subject to hydrolysis) is 1. The molecule has 1 amide bonds. The predicted octanol–water partition coefficient (Wildman–Crippen LogP) is 2.27. The zero-order chi connectivity index (χ0) is 22.1. The fraction of sp³-hybridized carbons (Fsp3) is 0.304. The summed E-state index contributed by atoms with van der Waals surface area (Å²) in [4.78, 5) is 17.1. The number of aromatic nitrogens is 1. The summed E-state index contributed by atoms with van der Waals surface area (Å²) in [5.74, 6) is 0. The van der Waals surface area contributed by atoms with Crippen molar-refractivity contribution < 1.29 is 19.7 Å². The predicted molar refractivity (Wildman–Crippen MR) is 120 cm³/mol. The van der Waals surface area contributed by atoms with Crippen LogP contribution in [0.25, 0.3) is 0 Å². The average Bonchev–Trinajstić information content (AvgIpc) is 3.31. The lowest BCUT2D eigenvalue weighted by Crippen LogP contribution is -2.55. The Morgan fingerprint density at radius 3 is 2.19 bits per heavy atom. The number of thiazole rings is 1. The number of amides is 1. The van der Waals surface area contributed by atoms with Gasteiger partial charge in [0.1, 0.15) is 12.7 Å². The Morgan fingerprint density at radius 2 is 1.61 bits per heavy atom. The number of nitrogens with one attached hydrogen (secondary N) is 1. The topological polar surface area (TPSA) is 118 Å². The highest BCUT2D eigenvalue weighted by Gasteiger charge is 2.32. The smallest absolute Gasteiger partial charge is 0.407 e. The summed E-state index contributed by atoms with van der Waals surface area (Å²) in [5, 5.41) is 24.3. The number of carbonyl (C=O) groups is 1. The molecule has 0 saturated carbocycles. The number of carbonyl (C=O) groups excluding carboxylic acids is 1. The second kappa shape index (κ2) is 11.6. The molecule has 0 spiro atoms. The normalized spacial score (nSPS) is 14.9. The van der Waals surface area contributed by atoms with Crippen LogP contribution in [0.5, 0.6) is 0 Å². The standard InChI is InChI=1S/C23H27N3O4S/c24-19(11-16-7-3-1-4-8-16)21(27)22(28)20(12-17-9-5-2-6-10-17)26-23(29)30-14-18-13-25-15-31-18/h1-10,13,15,19-22,27-28H,11-12,14,24H2,(H,26,29)/t19-,20-,21-,22?/m0/s1. The lowest BCUT2D eigenvalue weighted by atomic mass is 9.92. The van der Waals surface area contributed by atoms with E-state index in [2.05, 4.69) is 10.3 Å². The van der Waals surface area contributed by atoms with Gasteiger partial charge in [-0.2, -0.15) is 0 Å². The van der Waals surface area contributed by atoms with Crippen LogP contribution in [-0.2, 0) is 24.2 Å². The van der Waals surface area contributed by atoms with Gasteiger partial charge in [-0.3, -0.25) is 4.98 Å². The van der Waals surface area contributed by atoms with E-state index in [1.165, 1.54) is 11.3 Å². The van der Waals surface area contributed by atoms with Crippen molar-refractivity contribution in [2.24, 2.45) is 5.73 Å². The molecular weight excluding hydrogens is 414 g/mol. The third kappa shape index (κ3) is 7.15. The number of nitrogens with two attached hydrogens (primary N) is 1. The fourth-order valence-corrected chi connectivity index (χ4v) is 3.77. The lowest BCUT2D eigenvalue weighted by Gasteiger charge is -2.30. The summed E-state index contributed by atoms with van der Waals surface area (Å²) in [6, 6.07) is 17.4. The molecule has 164 valence electrons. The van der Waals surface area contributed by atoms with Gasteiger partial charge in [-0.25, -0.2) is 4.79 Å². The molecule has 0 radical (unpaired) electrons. The number of rotatable bonds is 10. The molecule has 0 saturated heterocycles. The van der Waals surface area contributed by atoms with Crippen LogP contribution in [0, 0.1) is 0 Å². The highest BCUT2D eigenvalue weighted by atomic mass is 32.1. The molecule has 1 aromatic heterocycles. The molecule has 2 aromatic carbocycles. The molecule has 1 unspecified atom stereocenters. The number of benzene rings is 2. The van der Waals surface area contributed by atoms with Crippen LogP contribution in [0.4, 0.5) is 4.79 Å². The number of ether oxygens (including phenoxy) is 1. The molecule has 4 atom stereocenters. The highest BCUT2D eigenvalue weighted by molar-refractivity contribution is 7.09. The average molecular weight is 442 g/mol. The molecule has 3 aromatic rings. The first-order chi connectivity index (χ1) is 15.0. The van der Waals surface area contributed by atoms with Crippen molar-refractivity contribution in [3.05, 3.63) is 88.4 Å². The van der Waals surface area contributed by atoms with Crippen molar-refractivity contribution >= 4 is 17.4 Å². The van der Waals surface area contributed by atoms with E-state index in [1.54, 1.807) is 11.7 Å². The third-order valence-electron chi connectivity index (χ3n) is 4.95. The summed E-state index contributed by atoms with van der Waals surface area (Å²) in [6.45, 7) is 0.0841. The largest absolute Gasteiger partial charge is 0.444 e. The Hall–Kier alpha value is -2.78. The van der Waals surface area contributed by atoms with Crippen LogP contribution < -0.4 is 11.1 Å². The molecule has 3 rings (SSSR count). The summed E-state index contributed by atoms with van der Waals surface area (Å²) >= 11 is 1.38. The molecular formula is C23H27N3O4S. The van der Waals surface area contributed by atoms with Gasteiger partial charge in [-0.05, 0) is 24.0 Å². The van der Waals surface area contributed by atoms with Crippen molar-refractivity contribution in [3.63, 3.8) is 0 Å². The molecule has 0 fully saturated rings. The van der Waals surface area contributed by atoms with Crippen LogP contribution in [-0.4, -0.2) is 45.6 Å². The van der Waals surface area contributed by atoms with Gasteiger partial charge in [0, 0.05) is 12.2 Å². The van der Waals surface area contributed by atoms with E-state index in [4.69, 9.17) is 10.5 Å². The SMILES string of the molecule is N[C@@H](Cc1ccccc1)[C@H](O)C(O)[C@H](Cc1ccccc1)NC(=O)OCc1cncs1. The maximum Gasteiger partial charge on any atom is 0.407 e. The van der Waals surface area contributed by atoms with Gasteiger partial charge >= 0.3 is 6.09 Å². The first-order valence-corrected chi connectivity index (χ1v) is 10.9. The number of aliphatic hydroxyl groups is 2. The zero-order valence-corrected chi connectivity index (χ0v) is 17.8. The van der Waals surface area contributed by atoms with E-state index in [0.717, 1.165) is 16.0 Å². The summed E-state index contributed by atoms with van der Waals surface area (Å²) in [6.07, 6.45) is -0.872. The minimum Gasteiger partial charge on any atom is -0.444 e. The van der Waals surface area contributed by atoms with Gasteiger partial charge in [0.2, 0.25) is 0 Å². The van der Waals surface area contributed by atoms with Gasteiger partial charge in [0.15, 0.2) is 0 Å². The second-order valence-corrected chi connectivity index (χ2v) is 8.29. The van der Waals surface area contributed by atoms with Crippen LogP contribution >= 0.6 is 11.3 Å². The first-order valence-electron chi connectivity index (χ1n) is 10.0. The van der Waals surface area contributed by atoms with E-state index in [-0.39, 0.29) is 6.61 Å². The monoisotopic (exact) mass is 441 g/mol. The number of hydrogen-bond donors (Lipinski definition) is 4. The molecule has 5 N–H and O–H groups in total. The molecule has 0 aliphatic heterocycles. The maximum atomic E-state index is 12.4. The Labute approximate surface area is 185 Å². The Balaban J connectivity index is 1.65. The van der Waals surface area contributed by atoms with Crippen LogP contribution in [0.15, 0.2) is 72.4 Å². The van der Waals surface area contributed by atoms with E-state index in [9.17, 15) is 15.0 Å². The third-order valence-corrected chi connectivity index (χ3v) is 5.70. The molecule has 7 nitrogen and oxygen atoms in total. The quantitative estimate of drug-likeness (QED) is 0.383.